The summed E-state index contributed by atoms with van der Waals surface area (Å²) in [5.41, 5.74) is 0. The lowest BCUT2D eigenvalue weighted by Gasteiger charge is -2.17. The Hall–Kier alpha value is -0.900. The third-order valence-electron chi connectivity index (χ3n) is 2.87. The molecule has 4 nitrogen and oxygen atoms in total. The Morgan fingerprint density at radius 2 is 2.00 bits per heavy atom. The third kappa shape index (κ3) is 4.31. The Bertz CT molecular complexity index is 264. The number of hydrogen-bond donors (Lipinski definition) is 2. The number of nitrogens with one attached hydrogen (secondary N) is 2. The third-order valence-corrected chi connectivity index (χ3v) is 2.87. The summed E-state index contributed by atoms with van der Waals surface area (Å²) in [6.07, 6.45) is 3.71. The van der Waals surface area contributed by atoms with E-state index in [1.165, 1.54) is 6.42 Å². The van der Waals surface area contributed by atoms with E-state index in [0.717, 1.165) is 18.8 Å². The average Bonchev–Trinajstić information content (AvgIpc) is 2.44. The van der Waals surface area contributed by atoms with E-state index in [9.17, 15) is 9.59 Å². The lowest BCUT2D eigenvalue weighted by atomic mass is 10.0. The maximum Gasteiger partial charge on any atom is 0.244 e. The van der Waals surface area contributed by atoms with Gasteiger partial charge in [0, 0.05) is 6.04 Å². The predicted molar refractivity (Wildman–Crippen MR) is 62.8 cm³/mol. The molecule has 0 aromatic rings. The van der Waals surface area contributed by atoms with E-state index in [-0.39, 0.29) is 24.3 Å². The van der Waals surface area contributed by atoms with Gasteiger partial charge in [0.05, 0.1) is 12.5 Å². The first-order valence-electron chi connectivity index (χ1n) is 6.08. The molecule has 0 aliphatic carbocycles. The summed E-state index contributed by atoms with van der Waals surface area (Å²) in [6.45, 7) is 6.48. The zero-order valence-corrected chi connectivity index (χ0v) is 10.4. The Morgan fingerprint density at radius 1 is 1.31 bits per heavy atom. The quantitative estimate of drug-likeness (QED) is 0.669. The molecule has 2 unspecified atom stereocenters. The summed E-state index contributed by atoms with van der Waals surface area (Å²) in [7, 11) is 0. The van der Waals surface area contributed by atoms with Gasteiger partial charge in [0.25, 0.3) is 0 Å². The first-order chi connectivity index (χ1) is 7.49. The summed E-state index contributed by atoms with van der Waals surface area (Å²) < 4.78 is 0. The minimum absolute atomic E-state index is 0.170. The summed E-state index contributed by atoms with van der Waals surface area (Å²) in [4.78, 5) is 22.3. The molecular formula is C12H22N2O2. The first-order valence-corrected chi connectivity index (χ1v) is 6.08. The van der Waals surface area contributed by atoms with Crippen LogP contribution in [0.1, 0.15) is 46.5 Å². The van der Waals surface area contributed by atoms with E-state index >= 15 is 0 Å². The van der Waals surface area contributed by atoms with Crippen LogP contribution in [0.2, 0.25) is 0 Å². The Labute approximate surface area is 97.2 Å². The maximum atomic E-state index is 11.3. The fraction of sp³-hybridized carbons (Fsp3) is 0.833. The van der Waals surface area contributed by atoms with Crippen molar-refractivity contribution in [2.45, 2.75) is 58.5 Å². The van der Waals surface area contributed by atoms with Gasteiger partial charge in [-0.1, -0.05) is 26.7 Å². The highest BCUT2D eigenvalue weighted by Gasteiger charge is 2.30. The van der Waals surface area contributed by atoms with Crippen LogP contribution in [0.4, 0.5) is 0 Å². The van der Waals surface area contributed by atoms with Gasteiger partial charge in [-0.05, 0) is 19.3 Å². The smallest absolute Gasteiger partial charge is 0.244 e. The van der Waals surface area contributed by atoms with Gasteiger partial charge in [-0.2, -0.15) is 0 Å². The molecule has 92 valence electrons. The van der Waals surface area contributed by atoms with Gasteiger partial charge in [-0.25, -0.2) is 0 Å². The molecule has 1 heterocycles. The molecule has 1 fully saturated rings. The van der Waals surface area contributed by atoms with Crippen LogP contribution in [0.5, 0.6) is 0 Å². The molecule has 0 saturated carbocycles. The fourth-order valence-electron chi connectivity index (χ4n) is 1.95. The van der Waals surface area contributed by atoms with Crippen LogP contribution in [0.15, 0.2) is 0 Å². The second-order valence-electron chi connectivity index (χ2n) is 5.06. The van der Waals surface area contributed by atoms with Crippen LogP contribution in [0.3, 0.4) is 0 Å². The normalized spacial score (nSPS) is 22.6. The van der Waals surface area contributed by atoms with Crippen molar-refractivity contribution in [1.29, 1.82) is 0 Å². The van der Waals surface area contributed by atoms with Gasteiger partial charge in [0.2, 0.25) is 11.8 Å². The minimum Gasteiger partial charge on any atom is -0.303 e. The molecule has 2 atom stereocenters. The second-order valence-corrected chi connectivity index (χ2v) is 5.06. The molecule has 2 N–H and O–H groups in total. The van der Waals surface area contributed by atoms with Crippen LogP contribution >= 0.6 is 0 Å². The summed E-state index contributed by atoms with van der Waals surface area (Å²) in [5, 5.41) is 5.51. The molecule has 2 amide bonds. The van der Waals surface area contributed by atoms with Gasteiger partial charge < -0.3 is 5.32 Å². The summed E-state index contributed by atoms with van der Waals surface area (Å²) >= 11 is 0. The van der Waals surface area contributed by atoms with Gasteiger partial charge in [0.15, 0.2) is 0 Å². The highest BCUT2D eigenvalue weighted by Crippen LogP contribution is 2.10. The molecule has 1 aliphatic heterocycles. The number of hydrogen-bond acceptors (Lipinski definition) is 3. The van der Waals surface area contributed by atoms with Gasteiger partial charge >= 0.3 is 0 Å². The standard InChI is InChI=1S/C12H22N2O2/c1-8(2)5-4-6-9(3)13-10-7-11(15)14-12(10)16/h8-10,13H,4-7H2,1-3H3,(H,14,15,16). The van der Waals surface area contributed by atoms with Crippen molar-refractivity contribution in [3.63, 3.8) is 0 Å². The van der Waals surface area contributed by atoms with Gasteiger partial charge in [-0.15, -0.1) is 0 Å². The van der Waals surface area contributed by atoms with Crippen molar-refractivity contribution in [2.24, 2.45) is 5.92 Å². The number of imide groups is 1. The Kier molecular flexibility index (Phi) is 4.93. The van der Waals surface area contributed by atoms with E-state index in [1.807, 2.05) is 0 Å². The van der Waals surface area contributed by atoms with E-state index in [0.29, 0.717) is 6.04 Å². The highest BCUT2D eigenvalue weighted by molar-refractivity contribution is 6.05. The van der Waals surface area contributed by atoms with Crippen molar-refractivity contribution < 1.29 is 9.59 Å². The molecule has 1 rings (SSSR count). The van der Waals surface area contributed by atoms with Gasteiger partial charge in [-0.3, -0.25) is 14.9 Å². The largest absolute Gasteiger partial charge is 0.303 e. The van der Waals surface area contributed by atoms with E-state index in [1.54, 1.807) is 0 Å². The number of amides is 2. The van der Waals surface area contributed by atoms with E-state index in [4.69, 9.17) is 0 Å². The molecule has 16 heavy (non-hydrogen) atoms. The Morgan fingerprint density at radius 3 is 2.50 bits per heavy atom. The van der Waals surface area contributed by atoms with Crippen molar-refractivity contribution in [3.8, 4) is 0 Å². The lowest BCUT2D eigenvalue weighted by molar-refractivity contribution is -0.125. The molecule has 0 spiro atoms. The van der Waals surface area contributed by atoms with Crippen LogP contribution in [0, 0.1) is 5.92 Å². The maximum absolute atomic E-state index is 11.3. The SMILES string of the molecule is CC(C)CCCC(C)NC1CC(=O)NC1=O. The molecule has 0 aromatic carbocycles. The molecule has 0 aromatic heterocycles. The summed E-state index contributed by atoms with van der Waals surface area (Å²) in [5.74, 6) is 0.376. The van der Waals surface area contributed by atoms with Crippen LogP contribution in [0.25, 0.3) is 0 Å². The summed E-state index contributed by atoms with van der Waals surface area (Å²) in [6, 6.07) is -0.0260. The monoisotopic (exact) mass is 226 g/mol. The second kappa shape index (κ2) is 5.99. The first kappa shape index (κ1) is 13.2. The van der Waals surface area contributed by atoms with Crippen LogP contribution in [-0.2, 0) is 9.59 Å². The topological polar surface area (TPSA) is 58.2 Å². The van der Waals surface area contributed by atoms with Gasteiger partial charge in [0.1, 0.15) is 0 Å². The Balaban J connectivity index is 2.21. The molecule has 0 radical (unpaired) electrons. The number of rotatable bonds is 6. The van der Waals surface area contributed by atoms with E-state index in [2.05, 4.69) is 31.4 Å². The fourth-order valence-corrected chi connectivity index (χ4v) is 1.95. The number of carbonyl (C=O) groups excluding carboxylic acids is 2. The van der Waals surface area contributed by atoms with Crippen molar-refractivity contribution in [3.05, 3.63) is 0 Å². The molecule has 1 saturated heterocycles. The highest BCUT2D eigenvalue weighted by atomic mass is 16.2. The average molecular weight is 226 g/mol. The van der Waals surface area contributed by atoms with Crippen molar-refractivity contribution in [1.82, 2.24) is 10.6 Å². The zero-order valence-electron chi connectivity index (χ0n) is 10.4. The molecule has 4 heteroatoms. The van der Waals surface area contributed by atoms with E-state index < -0.39 is 0 Å². The predicted octanol–water partition coefficient (Wildman–Crippen LogP) is 1.21. The van der Waals surface area contributed by atoms with Crippen molar-refractivity contribution >= 4 is 11.8 Å². The molecular weight excluding hydrogens is 204 g/mol. The molecule has 1 aliphatic rings. The molecule has 0 bridgehead atoms. The minimum atomic E-state index is -0.318. The number of carbonyl (C=O) groups is 2. The zero-order chi connectivity index (χ0) is 12.1. The van der Waals surface area contributed by atoms with Crippen LogP contribution < -0.4 is 10.6 Å². The van der Waals surface area contributed by atoms with Crippen molar-refractivity contribution in [2.75, 3.05) is 0 Å². The lowest BCUT2D eigenvalue weighted by Crippen LogP contribution is -2.41. The van der Waals surface area contributed by atoms with Crippen LogP contribution in [-0.4, -0.2) is 23.9 Å².